The summed E-state index contributed by atoms with van der Waals surface area (Å²) < 4.78 is 198. The van der Waals surface area contributed by atoms with Crippen molar-refractivity contribution in [2.24, 2.45) is 0 Å². The molecular formula is C19H27F15OSn. The van der Waals surface area contributed by atoms with Crippen molar-refractivity contribution >= 4 is 18.8 Å². The molecule has 0 amide bonds. The van der Waals surface area contributed by atoms with Gasteiger partial charge in [0.15, 0.2) is 0 Å². The molecule has 0 aromatic heterocycles. The van der Waals surface area contributed by atoms with E-state index in [1.165, 1.54) is 0 Å². The summed E-state index contributed by atoms with van der Waals surface area (Å²) >= 11 is -10.8. The number of rotatable bonds is 16. The Kier molecular flexibility index (Phi) is 11.7. The van der Waals surface area contributed by atoms with Crippen LogP contribution in [0, 0.1) is 0 Å². The van der Waals surface area contributed by atoms with Crippen LogP contribution in [0.1, 0.15) is 59.8 Å². The van der Waals surface area contributed by atoms with E-state index >= 15 is 26.3 Å². The van der Waals surface area contributed by atoms with Gasteiger partial charge in [-0.2, -0.15) is 0 Å². The van der Waals surface area contributed by atoms with E-state index in [-0.39, 0.29) is 12.8 Å². The number of unbranched alkanes of at least 4 members (excludes halogenated alkanes) is 4. The van der Waals surface area contributed by atoms with E-state index in [1.54, 1.807) is 6.92 Å². The average molecular weight is 675 g/mol. The second-order valence-corrected chi connectivity index (χ2v) is 18.5. The summed E-state index contributed by atoms with van der Waals surface area (Å²) in [5.41, 5.74) is 0. The van der Waals surface area contributed by atoms with Crippen LogP contribution in [0.3, 0.4) is 0 Å². The molecule has 0 aliphatic rings. The molecule has 1 nitrogen and oxygen atoms in total. The molecule has 0 aliphatic heterocycles. The van der Waals surface area contributed by atoms with Gasteiger partial charge >= 0.3 is 202 Å². The van der Waals surface area contributed by atoms with Gasteiger partial charge in [0.1, 0.15) is 0 Å². The SMILES string of the molecule is CCCCCCC[O][Sn]([C](F)(F)C(F)(F)C(C)F)([C](F)(F)C(F)(F)C(C)F)[C](F)(F)C(F)(F)C(C)F. The van der Waals surface area contributed by atoms with Crippen LogP contribution in [0.5, 0.6) is 0 Å². The fourth-order valence-corrected chi connectivity index (χ4v) is 15.2. The third-order valence-electron chi connectivity index (χ3n) is 5.65. The first-order chi connectivity index (χ1) is 15.9. The summed E-state index contributed by atoms with van der Waals surface area (Å²) in [6.45, 7) is -1.60. The zero-order chi connectivity index (χ0) is 29.2. The Morgan fingerprint density at radius 2 is 0.806 bits per heavy atom. The van der Waals surface area contributed by atoms with Crippen LogP contribution >= 0.6 is 0 Å². The summed E-state index contributed by atoms with van der Waals surface area (Å²) in [6.07, 6.45) is -13.0. The minimum atomic E-state index is -10.8. The van der Waals surface area contributed by atoms with Gasteiger partial charge in [0, 0.05) is 0 Å². The number of hydrogen-bond donors (Lipinski definition) is 0. The zero-order valence-electron chi connectivity index (χ0n) is 19.6. The quantitative estimate of drug-likeness (QED) is 0.0908. The average Bonchev–Trinajstić information content (AvgIpc) is 2.71. The van der Waals surface area contributed by atoms with E-state index in [0.29, 0.717) is 12.8 Å². The monoisotopic (exact) mass is 676 g/mol. The van der Waals surface area contributed by atoms with Crippen LogP contribution in [-0.2, 0) is 3.07 Å². The summed E-state index contributed by atoms with van der Waals surface area (Å²) in [5.74, 6) is -20.1. The predicted octanol–water partition coefficient (Wildman–Crippen LogP) is 8.42. The van der Waals surface area contributed by atoms with Crippen molar-refractivity contribution in [1.29, 1.82) is 0 Å². The van der Waals surface area contributed by atoms with Gasteiger partial charge in [-0.3, -0.25) is 0 Å². The third-order valence-corrected chi connectivity index (χ3v) is 17.9. The third kappa shape index (κ3) is 5.54. The van der Waals surface area contributed by atoms with Crippen LogP contribution < -0.4 is 0 Å². The molecule has 0 heterocycles. The predicted molar refractivity (Wildman–Crippen MR) is 102 cm³/mol. The number of halogens is 15. The zero-order valence-corrected chi connectivity index (χ0v) is 22.4. The van der Waals surface area contributed by atoms with E-state index in [1.807, 2.05) is 0 Å². The molecule has 0 saturated heterocycles. The Bertz CT molecular complexity index is 615. The van der Waals surface area contributed by atoms with Crippen LogP contribution in [-0.4, -0.2) is 73.5 Å². The maximum absolute atomic E-state index is 15.1. The molecule has 0 saturated carbocycles. The molecule has 0 fully saturated rings. The molecule has 0 spiro atoms. The van der Waals surface area contributed by atoms with Crippen molar-refractivity contribution in [3.63, 3.8) is 0 Å². The Morgan fingerprint density at radius 3 is 1.06 bits per heavy atom. The normalized spacial score (nSPS) is 19.1. The van der Waals surface area contributed by atoms with Crippen LogP contribution in [0.15, 0.2) is 0 Å². The van der Waals surface area contributed by atoms with Gasteiger partial charge in [-0.25, -0.2) is 0 Å². The van der Waals surface area contributed by atoms with E-state index in [9.17, 15) is 39.5 Å². The summed E-state index contributed by atoms with van der Waals surface area (Å²) in [6, 6.07) is 0. The second-order valence-electron chi connectivity index (χ2n) is 8.38. The Hall–Kier alpha value is -0.291. The second kappa shape index (κ2) is 11.8. The topological polar surface area (TPSA) is 9.23 Å². The van der Waals surface area contributed by atoms with Gasteiger partial charge in [0.05, 0.1) is 0 Å². The van der Waals surface area contributed by atoms with Gasteiger partial charge in [0.2, 0.25) is 0 Å². The molecule has 0 N–H and O–H groups in total. The van der Waals surface area contributed by atoms with Crippen molar-refractivity contribution in [3.8, 4) is 0 Å². The first-order valence-corrected chi connectivity index (χ1v) is 16.2. The van der Waals surface area contributed by atoms with Gasteiger partial charge < -0.3 is 0 Å². The number of alkyl halides is 15. The molecule has 0 aromatic carbocycles. The van der Waals surface area contributed by atoms with Crippen molar-refractivity contribution in [3.05, 3.63) is 0 Å². The Morgan fingerprint density at radius 1 is 0.528 bits per heavy atom. The molecule has 0 aliphatic carbocycles. The summed E-state index contributed by atoms with van der Waals surface area (Å²) in [7, 11) is 0. The maximum atomic E-state index is 15.1. The van der Waals surface area contributed by atoms with Crippen molar-refractivity contribution in [1.82, 2.24) is 0 Å². The molecule has 36 heavy (non-hydrogen) atoms. The molecule has 218 valence electrons. The van der Waals surface area contributed by atoms with Gasteiger partial charge in [0.25, 0.3) is 0 Å². The van der Waals surface area contributed by atoms with Crippen LogP contribution in [0.25, 0.3) is 0 Å². The van der Waals surface area contributed by atoms with Crippen molar-refractivity contribution < 1.29 is 68.9 Å². The van der Waals surface area contributed by atoms with Crippen LogP contribution in [0.2, 0.25) is 0 Å². The van der Waals surface area contributed by atoms with E-state index in [4.69, 9.17) is 0 Å². The minimum absolute atomic E-state index is 0.151. The first-order valence-electron chi connectivity index (χ1n) is 10.7. The molecule has 3 atom stereocenters. The fourth-order valence-electron chi connectivity index (χ4n) is 3.25. The standard InChI is InChI=1S/C7H15O.3C4H4F5.Sn/c1-2-3-4-5-6-7-8;3*1-2(5)4(8,9)3(6)7;/h2-7H2,1H3;3*2H,1H3;/q-1;;;;+1. The van der Waals surface area contributed by atoms with Gasteiger partial charge in [-0.1, -0.05) is 0 Å². The van der Waals surface area contributed by atoms with Gasteiger partial charge in [-0.05, 0) is 0 Å². The first kappa shape index (κ1) is 35.7. The Balaban J connectivity index is 7.62. The summed E-state index contributed by atoms with van der Waals surface area (Å²) in [5, 5.41) is 0. The molecular weight excluding hydrogens is 648 g/mol. The molecule has 0 radical (unpaired) electrons. The van der Waals surface area contributed by atoms with E-state index in [0.717, 1.165) is 0 Å². The van der Waals surface area contributed by atoms with Crippen LogP contribution in [0.4, 0.5) is 65.9 Å². The number of hydrogen-bond acceptors (Lipinski definition) is 1. The Labute approximate surface area is 202 Å². The van der Waals surface area contributed by atoms with E-state index < -0.39 is 101 Å². The molecule has 17 heteroatoms. The molecule has 0 aromatic rings. The molecule has 0 rings (SSSR count). The van der Waals surface area contributed by atoms with Crippen molar-refractivity contribution in [2.75, 3.05) is 6.61 Å². The van der Waals surface area contributed by atoms with Gasteiger partial charge in [-0.15, -0.1) is 0 Å². The van der Waals surface area contributed by atoms with Crippen molar-refractivity contribution in [2.45, 2.75) is 108 Å². The molecule has 0 bridgehead atoms. The fraction of sp³-hybridized carbons (Fsp3) is 1.00. The summed E-state index contributed by atoms with van der Waals surface area (Å²) in [4.78, 5) is 0. The van der Waals surface area contributed by atoms with E-state index in [2.05, 4.69) is 3.07 Å². The molecule has 3 unspecified atom stereocenters.